The van der Waals surface area contributed by atoms with E-state index in [1.807, 2.05) is 6.92 Å². The average molecular weight is 308 g/mol. The average Bonchev–Trinajstić information content (AvgIpc) is 2.21. The number of sulfonamides is 1. The van der Waals surface area contributed by atoms with Gasteiger partial charge in [0.05, 0.1) is 11.5 Å². The molecule has 0 radical (unpaired) electrons. The molecular formula is C10H14BrNO3S. The minimum Gasteiger partial charge on any atom is -0.395 e. The molecule has 0 saturated heterocycles. The van der Waals surface area contributed by atoms with Gasteiger partial charge in [-0.2, -0.15) is 0 Å². The molecular weight excluding hydrogens is 294 g/mol. The smallest absolute Gasteiger partial charge is 0.240 e. The van der Waals surface area contributed by atoms with Gasteiger partial charge in [-0.3, -0.25) is 0 Å². The lowest BCUT2D eigenvalue weighted by Crippen LogP contribution is -2.34. The van der Waals surface area contributed by atoms with Gasteiger partial charge < -0.3 is 5.11 Å². The Labute approximate surface area is 104 Å². The fourth-order valence-electron chi connectivity index (χ4n) is 1.11. The number of aliphatic hydroxyl groups excluding tert-OH is 1. The molecule has 0 bridgehead atoms. The van der Waals surface area contributed by atoms with E-state index < -0.39 is 16.1 Å². The van der Waals surface area contributed by atoms with E-state index in [1.54, 1.807) is 19.1 Å². The minimum absolute atomic E-state index is 0.185. The van der Waals surface area contributed by atoms with Crippen LogP contribution in [0.4, 0.5) is 0 Å². The van der Waals surface area contributed by atoms with Crippen LogP contribution in [0.1, 0.15) is 12.5 Å². The second-order valence-corrected chi connectivity index (χ2v) is 6.18. The zero-order valence-electron chi connectivity index (χ0n) is 9.07. The highest BCUT2D eigenvalue weighted by Crippen LogP contribution is 2.20. The highest BCUT2D eigenvalue weighted by Gasteiger charge is 2.17. The van der Waals surface area contributed by atoms with Gasteiger partial charge in [-0.15, -0.1) is 0 Å². The van der Waals surface area contributed by atoms with Crippen molar-refractivity contribution in [2.24, 2.45) is 0 Å². The van der Waals surface area contributed by atoms with Crippen molar-refractivity contribution in [3.63, 3.8) is 0 Å². The summed E-state index contributed by atoms with van der Waals surface area (Å²) in [6.07, 6.45) is 0. The lowest BCUT2D eigenvalue weighted by atomic mass is 10.2. The van der Waals surface area contributed by atoms with Crippen LogP contribution in [0.5, 0.6) is 0 Å². The van der Waals surface area contributed by atoms with Gasteiger partial charge in [-0.25, -0.2) is 13.1 Å². The highest BCUT2D eigenvalue weighted by molar-refractivity contribution is 9.10. The SMILES string of the molecule is Cc1ccc(S(=O)(=O)N[C@@H](C)CO)cc1Br. The van der Waals surface area contributed by atoms with E-state index in [2.05, 4.69) is 20.7 Å². The molecule has 0 amide bonds. The van der Waals surface area contributed by atoms with E-state index >= 15 is 0 Å². The maximum absolute atomic E-state index is 11.8. The van der Waals surface area contributed by atoms with E-state index in [0.29, 0.717) is 0 Å². The Balaban J connectivity index is 3.03. The van der Waals surface area contributed by atoms with Crippen molar-refractivity contribution in [1.82, 2.24) is 4.72 Å². The van der Waals surface area contributed by atoms with Crippen LogP contribution >= 0.6 is 15.9 Å². The number of hydrogen-bond donors (Lipinski definition) is 2. The zero-order valence-corrected chi connectivity index (χ0v) is 11.5. The van der Waals surface area contributed by atoms with Crippen LogP contribution in [0, 0.1) is 6.92 Å². The Morgan fingerprint density at radius 2 is 2.12 bits per heavy atom. The summed E-state index contributed by atoms with van der Waals surface area (Å²) in [6, 6.07) is 4.31. The first-order valence-corrected chi connectivity index (χ1v) is 7.04. The zero-order chi connectivity index (χ0) is 12.3. The Morgan fingerprint density at radius 3 is 2.62 bits per heavy atom. The maximum Gasteiger partial charge on any atom is 0.240 e. The van der Waals surface area contributed by atoms with Crippen molar-refractivity contribution in [3.05, 3.63) is 28.2 Å². The number of benzene rings is 1. The molecule has 0 aliphatic carbocycles. The molecule has 0 aliphatic heterocycles. The first-order valence-electron chi connectivity index (χ1n) is 4.76. The molecule has 1 rings (SSSR count). The summed E-state index contributed by atoms with van der Waals surface area (Å²) < 4.78 is 26.8. The summed E-state index contributed by atoms with van der Waals surface area (Å²) >= 11 is 3.28. The van der Waals surface area contributed by atoms with Crippen LogP contribution in [0.2, 0.25) is 0 Å². The first-order chi connectivity index (χ1) is 7.36. The van der Waals surface area contributed by atoms with Gasteiger partial charge in [0, 0.05) is 10.5 Å². The first kappa shape index (κ1) is 13.6. The number of aliphatic hydroxyl groups is 1. The summed E-state index contributed by atoms with van der Waals surface area (Å²) in [4.78, 5) is 0.185. The van der Waals surface area contributed by atoms with Crippen LogP contribution in [-0.2, 0) is 10.0 Å². The second-order valence-electron chi connectivity index (χ2n) is 3.62. The Morgan fingerprint density at radius 1 is 1.50 bits per heavy atom. The molecule has 2 N–H and O–H groups in total. The fourth-order valence-corrected chi connectivity index (χ4v) is 2.90. The Kier molecular flexibility index (Phi) is 4.49. The highest BCUT2D eigenvalue weighted by atomic mass is 79.9. The van der Waals surface area contributed by atoms with Crippen molar-refractivity contribution in [2.75, 3.05) is 6.61 Å². The van der Waals surface area contributed by atoms with Gasteiger partial charge in [0.1, 0.15) is 0 Å². The standard InChI is InChI=1S/C10H14BrNO3S/c1-7-3-4-9(5-10(7)11)16(14,15)12-8(2)6-13/h3-5,8,12-13H,6H2,1-2H3/t8-/m0/s1. The summed E-state index contributed by atoms with van der Waals surface area (Å²) in [7, 11) is -3.55. The number of rotatable bonds is 4. The van der Waals surface area contributed by atoms with Gasteiger partial charge in [-0.1, -0.05) is 22.0 Å². The Hall–Kier alpha value is -0.430. The van der Waals surface area contributed by atoms with Crippen molar-refractivity contribution in [3.8, 4) is 0 Å². The topological polar surface area (TPSA) is 66.4 Å². The second kappa shape index (κ2) is 5.27. The third-order valence-electron chi connectivity index (χ3n) is 2.08. The molecule has 4 nitrogen and oxygen atoms in total. The van der Waals surface area contributed by atoms with Crippen LogP contribution in [0.3, 0.4) is 0 Å². The molecule has 0 aromatic heterocycles. The molecule has 0 fully saturated rings. The van der Waals surface area contributed by atoms with Crippen molar-refractivity contribution in [1.29, 1.82) is 0 Å². The van der Waals surface area contributed by atoms with Crippen molar-refractivity contribution in [2.45, 2.75) is 24.8 Å². The van der Waals surface area contributed by atoms with Crippen molar-refractivity contribution >= 4 is 26.0 Å². The fraction of sp³-hybridized carbons (Fsp3) is 0.400. The predicted octanol–water partition coefficient (Wildman–Crippen LogP) is 1.42. The third-order valence-corrected chi connectivity index (χ3v) is 4.53. The summed E-state index contributed by atoms with van der Waals surface area (Å²) in [5, 5.41) is 8.81. The molecule has 1 aromatic rings. The minimum atomic E-state index is -3.55. The van der Waals surface area contributed by atoms with Crippen LogP contribution in [0.15, 0.2) is 27.6 Å². The van der Waals surface area contributed by atoms with Crippen LogP contribution < -0.4 is 4.72 Å². The molecule has 6 heteroatoms. The Bertz CT molecular complexity index is 473. The largest absolute Gasteiger partial charge is 0.395 e. The number of halogens is 1. The third kappa shape index (κ3) is 3.28. The quantitative estimate of drug-likeness (QED) is 0.884. The molecule has 0 unspecified atom stereocenters. The summed E-state index contributed by atoms with van der Waals surface area (Å²) in [5.74, 6) is 0. The normalized spacial score (nSPS) is 13.8. The van der Waals surface area contributed by atoms with Gasteiger partial charge in [0.2, 0.25) is 10.0 Å². The molecule has 1 atom stereocenters. The van der Waals surface area contributed by atoms with Gasteiger partial charge in [0.15, 0.2) is 0 Å². The lowest BCUT2D eigenvalue weighted by Gasteiger charge is -2.12. The lowest BCUT2D eigenvalue weighted by molar-refractivity contribution is 0.265. The van der Waals surface area contributed by atoms with Gasteiger partial charge in [0.25, 0.3) is 0 Å². The monoisotopic (exact) mass is 307 g/mol. The summed E-state index contributed by atoms with van der Waals surface area (Å²) in [6.45, 7) is 3.25. The molecule has 0 heterocycles. The van der Waals surface area contributed by atoms with Crippen LogP contribution in [-0.4, -0.2) is 26.2 Å². The van der Waals surface area contributed by atoms with E-state index in [1.165, 1.54) is 6.07 Å². The van der Waals surface area contributed by atoms with E-state index in [4.69, 9.17) is 5.11 Å². The van der Waals surface area contributed by atoms with Gasteiger partial charge >= 0.3 is 0 Å². The molecule has 0 spiro atoms. The van der Waals surface area contributed by atoms with Gasteiger partial charge in [-0.05, 0) is 31.5 Å². The predicted molar refractivity (Wildman–Crippen MR) is 65.7 cm³/mol. The van der Waals surface area contributed by atoms with E-state index in [0.717, 1.165) is 10.0 Å². The number of nitrogens with one attached hydrogen (secondary N) is 1. The maximum atomic E-state index is 11.8. The molecule has 0 saturated carbocycles. The van der Waals surface area contributed by atoms with Crippen molar-refractivity contribution < 1.29 is 13.5 Å². The number of aryl methyl sites for hydroxylation is 1. The van der Waals surface area contributed by atoms with Crippen LogP contribution in [0.25, 0.3) is 0 Å². The molecule has 16 heavy (non-hydrogen) atoms. The number of hydrogen-bond acceptors (Lipinski definition) is 3. The summed E-state index contributed by atoms with van der Waals surface area (Å²) in [5.41, 5.74) is 0.967. The van der Waals surface area contributed by atoms with E-state index in [-0.39, 0.29) is 11.5 Å². The molecule has 90 valence electrons. The molecule has 0 aliphatic rings. The van der Waals surface area contributed by atoms with E-state index in [9.17, 15) is 8.42 Å². The molecule has 1 aromatic carbocycles.